The van der Waals surface area contributed by atoms with Crippen LogP contribution in [-0.4, -0.2) is 32.4 Å². The number of nitrogens with zero attached hydrogens (tertiary/aromatic N) is 1. The highest BCUT2D eigenvalue weighted by atomic mass is 79.9. The van der Waals surface area contributed by atoms with Crippen LogP contribution >= 0.6 is 27.7 Å². The zero-order chi connectivity index (χ0) is 13.1. The molecule has 98 valence electrons. The monoisotopic (exact) mass is 329 g/mol. The number of benzene rings is 1. The van der Waals surface area contributed by atoms with Crippen molar-refractivity contribution in [2.75, 3.05) is 24.7 Å². The molecule has 0 aromatic heterocycles. The maximum absolute atomic E-state index is 10.3. The Morgan fingerprint density at radius 1 is 1.50 bits per heavy atom. The molecule has 1 saturated heterocycles. The standard InChI is InChI=1S/C13H16BrNO2S/c1-15(2)12-4-3-9(5-11(12)14)13-6-10(7-18-13)17-8-16/h3-5,8,10,13H,6-7H2,1-2H3. The predicted octanol–water partition coefficient (Wildman–Crippen LogP) is 3.23. The van der Waals surface area contributed by atoms with Crippen molar-refractivity contribution < 1.29 is 9.53 Å². The number of halogens is 1. The number of carbonyl (C=O) groups excluding carboxylic acids is 1. The van der Waals surface area contributed by atoms with E-state index in [1.165, 1.54) is 11.3 Å². The molecule has 3 nitrogen and oxygen atoms in total. The maximum Gasteiger partial charge on any atom is 0.293 e. The first kappa shape index (κ1) is 13.7. The highest BCUT2D eigenvalue weighted by molar-refractivity contribution is 9.10. The number of rotatable bonds is 4. The fraction of sp³-hybridized carbons (Fsp3) is 0.462. The first-order valence-corrected chi connectivity index (χ1v) is 7.63. The van der Waals surface area contributed by atoms with Gasteiger partial charge in [0.2, 0.25) is 0 Å². The molecule has 1 heterocycles. The second-order valence-electron chi connectivity index (χ2n) is 4.52. The molecule has 1 aromatic rings. The molecule has 0 bridgehead atoms. The van der Waals surface area contributed by atoms with Crippen LogP contribution in [-0.2, 0) is 9.53 Å². The number of ether oxygens (including phenoxy) is 1. The third-order valence-electron chi connectivity index (χ3n) is 3.03. The van der Waals surface area contributed by atoms with Gasteiger partial charge in [0.25, 0.3) is 6.47 Å². The fourth-order valence-electron chi connectivity index (χ4n) is 2.09. The van der Waals surface area contributed by atoms with Crippen LogP contribution < -0.4 is 4.90 Å². The maximum atomic E-state index is 10.3. The predicted molar refractivity (Wildman–Crippen MR) is 79.2 cm³/mol. The summed E-state index contributed by atoms with van der Waals surface area (Å²) in [6.45, 7) is 0.554. The number of anilines is 1. The van der Waals surface area contributed by atoms with E-state index in [9.17, 15) is 4.79 Å². The molecular formula is C13H16BrNO2S. The lowest BCUT2D eigenvalue weighted by Gasteiger charge is -2.17. The van der Waals surface area contributed by atoms with Gasteiger partial charge in [0.05, 0.1) is 5.69 Å². The van der Waals surface area contributed by atoms with Gasteiger partial charge in [-0.15, -0.1) is 11.8 Å². The first-order chi connectivity index (χ1) is 8.61. The lowest BCUT2D eigenvalue weighted by molar-refractivity contribution is -0.132. The first-order valence-electron chi connectivity index (χ1n) is 5.79. The summed E-state index contributed by atoms with van der Waals surface area (Å²) >= 11 is 5.45. The van der Waals surface area contributed by atoms with Gasteiger partial charge in [0.15, 0.2) is 0 Å². The van der Waals surface area contributed by atoms with Gasteiger partial charge in [-0.1, -0.05) is 6.07 Å². The second-order valence-corrected chi connectivity index (χ2v) is 6.61. The summed E-state index contributed by atoms with van der Waals surface area (Å²) in [5.41, 5.74) is 2.46. The Morgan fingerprint density at radius 3 is 2.89 bits per heavy atom. The summed E-state index contributed by atoms with van der Waals surface area (Å²) in [6.07, 6.45) is 0.960. The van der Waals surface area contributed by atoms with Crippen molar-refractivity contribution in [3.8, 4) is 0 Å². The van der Waals surface area contributed by atoms with Gasteiger partial charge >= 0.3 is 0 Å². The third-order valence-corrected chi connectivity index (χ3v) is 5.10. The van der Waals surface area contributed by atoms with Gasteiger partial charge < -0.3 is 9.64 Å². The molecule has 0 saturated carbocycles. The van der Waals surface area contributed by atoms with E-state index in [1.807, 2.05) is 25.9 Å². The van der Waals surface area contributed by atoms with Crippen molar-refractivity contribution in [3.63, 3.8) is 0 Å². The summed E-state index contributed by atoms with van der Waals surface area (Å²) in [7, 11) is 4.05. The number of hydrogen-bond donors (Lipinski definition) is 0. The molecule has 1 fully saturated rings. The van der Waals surface area contributed by atoms with E-state index in [1.54, 1.807) is 0 Å². The van der Waals surface area contributed by atoms with Crippen LogP contribution in [0, 0.1) is 0 Å². The van der Waals surface area contributed by atoms with Gasteiger partial charge in [0.1, 0.15) is 6.10 Å². The molecule has 0 spiro atoms. The molecule has 0 N–H and O–H groups in total. The van der Waals surface area contributed by atoms with E-state index < -0.39 is 0 Å². The molecule has 0 aliphatic carbocycles. The minimum atomic E-state index is 0.0600. The topological polar surface area (TPSA) is 29.5 Å². The highest BCUT2D eigenvalue weighted by Gasteiger charge is 2.27. The number of hydrogen-bond acceptors (Lipinski definition) is 4. The van der Waals surface area contributed by atoms with E-state index in [-0.39, 0.29) is 6.10 Å². The lowest BCUT2D eigenvalue weighted by Crippen LogP contribution is -2.10. The molecule has 0 amide bonds. The summed E-state index contributed by atoms with van der Waals surface area (Å²) in [6, 6.07) is 6.44. The Bertz CT molecular complexity index is 439. The number of carbonyl (C=O) groups is 1. The van der Waals surface area contributed by atoms with E-state index in [2.05, 4.69) is 39.0 Å². The molecule has 5 heteroatoms. The molecule has 0 radical (unpaired) electrons. The largest absolute Gasteiger partial charge is 0.464 e. The molecule has 1 aromatic carbocycles. The van der Waals surface area contributed by atoms with Crippen molar-refractivity contribution in [1.29, 1.82) is 0 Å². The summed E-state index contributed by atoms with van der Waals surface area (Å²) in [5, 5.41) is 0.419. The van der Waals surface area contributed by atoms with Crippen LogP contribution in [0.15, 0.2) is 22.7 Å². The molecule has 1 aliphatic heterocycles. The Hall–Kier alpha value is -0.680. The Kier molecular flexibility index (Phi) is 4.56. The lowest BCUT2D eigenvalue weighted by atomic mass is 10.1. The van der Waals surface area contributed by atoms with Crippen LogP contribution in [0.3, 0.4) is 0 Å². The van der Waals surface area contributed by atoms with E-state index >= 15 is 0 Å². The van der Waals surface area contributed by atoms with Crippen LogP contribution in [0.2, 0.25) is 0 Å². The summed E-state index contributed by atoms with van der Waals surface area (Å²) in [4.78, 5) is 12.4. The van der Waals surface area contributed by atoms with Crippen LogP contribution in [0.5, 0.6) is 0 Å². The van der Waals surface area contributed by atoms with Gasteiger partial charge in [-0.3, -0.25) is 4.79 Å². The van der Waals surface area contributed by atoms with Gasteiger partial charge in [-0.25, -0.2) is 0 Å². The van der Waals surface area contributed by atoms with E-state index in [0.29, 0.717) is 11.7 Å². The Balaban J connectivity index is 2.11. The highest BCUT2D eigenvalue weighted by Crippen LogP contribution is 2.42. The zero-order valence-corrected chi connectivity index (χ0v) is 12.8. The van der Waals surface area contributed by atoms with Crippen molar-refractivity contribution in [1.82, 2.24) is 0 Å². The minimum Gasteiger partial charge on any atom is -0.464 e. The molecular weight excluding hydrogens is 314 g/mol. The Labute approximate surface area is 120 Å². The van der Waals surface area contributed by atoms with Gasteiger partial charge in [-0.2, -0.15) is 0 Å². The average Bonchev–Trinajstić information content (AvgIpc) is 2.77. The fourth-order valence-corrected chi connectivity index (χ4v) is 4.19. The van der Waals surface area contributed by atoms with Gasteiger partial charge in [-0.05, 0) is 33.6 Å². The van der Waals surface area contributed by atoms with Gasteiger partial charge in [0, 0.05) is 36.0 Å². The quantitative estimate of drug-likeness (QED) is 0.793. The summed E-state index contributed by atoms with van der Waals surface area (Å²) < 4.78 is 6.13. The smallest absolute Gasteiger partial charge is 0.293 e. The van der Waals surface area contributed by atoms with E-state index in [4.69, 9.17) is 4.74 Å². The minimum absolute atomic E-state index is 0.0600. The molecule has 2 atom stereocenters. The third kappa shape index (κ3) is 3.01. The molecule has 2 rings (SSSR count). The molecule has 1 aliphatic rings. The summed E-state index contributed by atoms with van der Waals surface area (Å²) in [5.74, 6) is 0.885. The van der Waals surface area contributed by atoms with Crippen LogP contribution in [0.1, 0.15) is 17.2 Å². The van der Waals surface area contributed by atoms with Crippen molar-refractivity contribution in [2.24, 2.45) is 0 Å². The average molecular weight is 330 g/mol. The second kappa shape index (κ2) is 5.97. The SMILES string of the molecule is CN(C)c1ccc(C2CC(OC=O)CS2)cc1Br. The molecule has 18 heavy (non-hydrogen) atoms. The van der Waals surface area contributed by atoms with Crippen molar-refractivity contribution in [2.45, 2.75) is 17.8 Å². The normalized spacial score (nSPS) is 22.8. The van der Waals surface area contributed by atoms with E-state index in [0.717, 1.165) is 16.6 Å². The Morgan fingerprint density at radius 2 is 2.28 bits per heavy atom. The van der Waals surface area contributed by atoms with Crippen molar-refractivity contribution in [3.05, 3.63) is 28.2 Å². The number of thioether (sulfide) groups is 1. The molecule has 2 unspecified atom stereocenters. The van der Waals surface area contributed by atoms with Crippen LogP contribution in [0.25, 0.3) is 0 Å². The van der Waals surface area contributed by atoms with Crippen LogP contribution in [0.4, 0.5) is 5.69 Å². The van der Waals surface area contributed by atoms with Crippen molar-refractivity contribution >= 4 is 39.9 Å². The zero-order valence-electron chi connectivity index (χ0n) is 10.4.